The summed E-state index contributed by atoms with van der Waals surface area (Å²) in [5, 5.41) is 8.54. The Labute approximate surface area is 115 Å². The minimum Gasteiger partial charge on any atom is -0.367 e. The van der Waals surface area contributed by atoms with Crippen molar-refractivity contribution in [1.82, 2.24) is 0 Å². The number of benzene rings is 1. The van der Waals surface area contributed by atoms with Gasteiger partial charge in [-0.15, -0.1) is 0 Å². The SMILES string of the molecule is Cc1ccc(C(C)(C)C)cc1N(C)CC(=O)CC#N. The minimum absolute atomic E-state index is 0.0254. The van der Waals surface area contributed by atoms with E-state index in [0.717, 1.165) is 11.3 Å². The maximum atomic E-state index is 11.6. The number of nitrogens with zero attached hydrogens (tertiary/aromatic N) is 2. The highest BCUT2D eigenvalue weighted by Gasteiger charge is 2.16. The van der Waals surface area contributed by atoms with Crippen LogP contribution in [0, 0.1) is 18.3 Å². The summed E-state index contributed by atoms with van der Waals surface area (Å²) >= 11 is 0. The van der Waals surface area contributed by atoms with Gasteiger partial charge in [-0.05, 0) is 29.5 Å². The van der Waals surface area contributed by atoms with E-state index in [9.17, 15) is 4.79 Å². The van der Waals surface area contributed by atoms with Crippen molar-refractivity contribution >= 4 is 11.5 Å². The van der Waals surface area contributed by atoms with Gasteiger partial charge in [0.25, 0.3) is 0 Å². The number of hydrogen-bond acceptors (Lipinski definition) is 3. The molecule has 0 atom stereocenters. The molecule has 0 radical (unpaired) electrons. The lowest BCUT2D eigenvalue weighted by atomic mass is 9.86. The third-order valence-corrected chi connectivity index (χ3v) is 3.18. The quantitative estimate of drug-likeness (QED) is 0.833. The highest BCUT2D eigenvalue weighted by molar-refractivity contribution is 5.85. The van der Waals surface area contributed by atoms with Crippen LogP contribution in [-0.2, 0) is 10.2 Å². The molecule has 0 amide bonds. The van der Waals surface area contributed by atoms with E-state index in [4.69, 9.17) is 5.26 Å². The van der Waals surface area contributed by atoms with Crippen molar-refractivity contribution in [3.63, 3.8) is 0 Å². The topological polar surface area (TPSA) is 44.1 Å². The van der Waals surface area contributed by atoms with Crippen LogP contribution in [0.25, 0.3) is 0 Å². The van der Waals surface area contributed by atoms with Crippen molar-refractivity contribution in [3.8, 4) is 6.07 Å². The summed E-state index contributed by atoms with van der Waals surface area (Å²) in [7, 11) is 1.89. The molecule has 0 spiro atoms. The molecule has 0 saturated carbocycles. The number of hydrogen-bond donors (Lipinski definition) is 0. The van der Waals surface area contributed by atoms with Gasteiger partial charge in [0.2, 0.25) is 0 Å². The number of Topliss-reactive ketones (excluding diaryl/α,β-unsaturated/α-hetero) is 1. The predicted octanol–water partition coefficient (Wildman–Crippen LogP) is 3.21. The van der Waals surface area contributed by atoms with Crippen LogP contribution in [0.4, 0.5) is 5.69 Å². The predicted molar refractivity (Wildman–Crippen MR) is 78.4 cm³/mol. The summed E-state index contributed by atoms with van der Waals surface area (Å²) in [5.41, 5.74) is 3.52. The molecular weight excluding hydrogens is 236 g/mol. The third-order valence-electron chi connectivity index (χ3n) is 3.18. The molecule has 1 rings (SSSR count). The molecule has 0 unspecified atom stereocenters. The van der Waals surface area contributed by atoms with Gasteiger partial charge in [-0.3, -0.25) is 4.79 Å². The number of anilines is 1. The summed E-state index contributed by atoms with van der Waals surface area (Å²) in [6, 6.07) is 8.25. The second-order valence-electron chi connectivity index (χ2n) is 5.98. The molecule has 1 aromatic carbocycles. The van der Waals surface area contributed by atoms with E-state index in [2.05, 4.69) is 39.0 Å². The van der Waals surface area contributed by atoms with Crippen LogP contribution >= 0.6 is 0 Å². The molecule has 0 N–H and O–H groups in total. The Balaban J connectivity index is 3.00. The zero-order valence-corrected chi connectivity index (χ0v) is 12.4. The summed E-state index contributed by atoms with van der Waals surface area (Å²) in [6.45, 7) is 8.82. The van der Waals surface area contributed by atoms with Crippen LogP contribution in [0.3, 0.4) is 0 Å². The van der Waals surface area contributed by atoms with Gasteiger partial charge in [-0.25, -0.2) is 0 Å². The number of ketones is 1. The first-order chi connectivity index (χ1) is 8.75. The third kappa shape index (κ3) is 4.10. The number of nitriles is 1. The first-order valence-corrected chi connectivity index (χ1v) is 6.46. The van der Waals surface area contributed by atoms with Gasteiger partial charge < -0.3 is 4.90 Å². The second kappa shape index (κ2) is 5.88. The zero-order chi connectivity index (χ0) is 14.6. The number of carbonyl (C=O) groups excluding carboxylic acids is 1. The Morgan fingerprint density at radius 2 is 2.00 bits per heavy atom. The molecule has 0 bridgehead atoms. The lowest BCUT2D eigenvalue weighted by molar-refractivity contribution is -0.116. The van der Waals surface area contributed by atoms with Crippen LogP contribution in [-0.4, -0.2) is 19.4 Å². The van der Waals surface area contributed by atoms with Crippen molar-refractivity contribution in [2.75, 3.05) is 18.5 Å². The van der Waals surface area contributed by atoms with Gasteiger partial charge in [0.05, 0.1) is 19.0 Å². The molecule has 0 aliphatic carbocycles. The molecule has 0 fully saturated rings. The summed E-state index contributed by atoms with van der Waals surface area (Å²) < 4.78 is 0. The molecule has 0 heterocycles. The van der Waals surface area contributed by atoms with Crippen LogP contribution in [0.1, 0.15) is 38.3 Å². The van der Waals surface area contributed by atoms with Crippen LogP contribution in [0.2, 0.25) is 0 Å². The fraction of sp³-hybridized carbons (Fsp3) is 0.500. The van der Waals surface area contributed by atoms with Gasteiger partial charge in [-0.1, -0.05) is 32.9 Å². The smallest absolute Gasteiger partial charge is 0.166 e. The van der Waals surface area contributed by atoms with E-state index in [1.807, 2.05) is 24.9 Å². The molecule has 1 aromatic rings. The van der Waals surface area contributed by atoms with E-state index < -0.39 is 0 Å². The molecule has 3 heteroatoms. The Bertz CT molecular complexity index is 506. The number of carbonyl (C=O) groups is 1. The van der Waals surface area contributed by atoms with Gasteiger partial charge in [0.1, 0.15) is 0 Å². The normalized spacial score (nSPS) is 10.9. The van der Waals surface area contributed by atoms with Gasteiger partial charge in [-0.2, -0.15) is 5.26 Å². The molecular formula is C16H22N2O. The number of likely N-dealkylation sites (N-methyl/N-ethyl adjacent to an activating group) is 1. The van der Waals surface area contributed by atoms with Crippen molar-refractivity contribution in [2.45, 2.75) is 39.5 Å². The van der Waals surface area contributed by atoms with Crippen molar-refractivity contribution < 1.29 is 4.79 Å². The standard InChI is InChI=1S/C16H22N2O/c1-12-6-7-13(16(2,3)4)10-15(12)18(5)11-14(19)8-9-17/h6-7,10H,8,11H2,1-5H3. The highest BCUT2D eigenvalue weighted by atomic mass is 16.1. The minimum atomic E-state index is -0.0504. The first kappa shape index (κ1) is 15.2. The fourth-order valence-corrected chi connectivity index (χ4v) is 1.98. The van der Waals surface area contributed by atoms with E-state index in [1.54, 1.807) is 0 Å². The van der Waals surface area contributed by atoms with E-state index in [0.29, 0.717) is 0 Å². The van der Waals surface area contributed by atoms with E-state index in [1.165, 1.54) is 5.56 Å². The average Bonchev–Trinajstić information content (AvgIpc) is 2.27. The summed E-state index contributed by atoms with van der Waals surface area (Å²) in [5.74, 6) is -0.0504. The Morgan fingerprint density at radius 1 is 1.37 bits per heavy atom. The molecule has 19 heavy (non-hydrogen) atoms. The second-order valence-corrected chi connectivity index (χ2v) is 5.98. The molecule has 0 aliphatic rings. The number of aryl methyl sites for hydroxylation is 1. The first-order valence-electron chi connectivity index (χ1n) is 6.46. The lowest BCUT2D eigenvalue weighted by Crippen LogP contribution is -2.26. The van der Waals surface area contributed by atoms with Crippen LogP contribution in [0.15, 0.2) is 18.2 Å². The van der Waals surface area contributed by atoms with Gasteiger partial charge >= 0.3 is 0 Å². The van der Waals surface area contributed by atoms with Crippen molar-refractivity contribution in [3.05, 3.63) is 29.3 Å². The maximum absolute atomic E-state index is 11.6. The molecule has 0 aliphatic heterocycles. The molecule has 102 valence electrons. The van der Waals surface area contributed by atoms with E-state index in [-0.39, 0.29) is 24.2 Å². The zero-order valence-electron chi connectivity index (χ0n) is 12.4. The molecule has 0 aromatic heterocycles. The Kier molecular flexibility index (Phi) is 4.72. The summed E-state index contributed by atoms with van der Waals surface area (Å²) in [4.78, 5) is 13.5. The van der Waals surface area contributed by atoms with Crippen LogP contribution in [0.5, 0.6) is 0 Å². The average molecular weight is 258 g/mol. The monoisotopic (exact) mass is 258 g/mol. The van der Waals surface area contributed by atoms with E-state index >= 15 is 0 Å². The maximum Gasteiger partial charge on any atom is 0.166 e. The van der Waals surface area contributed by atoms with Gasteiger partial charge in [0, 0.05) is 12.7 Å². The summed E-state index contributed by atoms with van der Waals surface area (Å²) in [6.07, 6.45) is -0.0254. The molecule has 0 saturated heterocycles. The highest BCUT2D eigenvalue weighted by Crippen LogP contribution is 2.28. The molecule has 3 nitrogen and oxygen atoms in total. The van der Waals surface area contributed by atoms with Gasteiger partial charge in [0.15, 0.2) is 5.78 Å². The van der Waals surface area contributed by atoms with Crippen LogP contribution < -0.4 is 4.90 Å². The Hall–Kier alpha value is -1.82. The largest absolute Gasteiger partial charge is 0.367 e. The number of rotatable bonds is 4. The Morgan fingerprint density at radius 3 is 2.53 bits per heavy atom. The van der Waals surface area contributed by atoms with Crippen molar-refractivity contribution in [2.24, 2.45) is 0 Å². The fourth-order valence-electron chi connectivity index (χ4n) is 1.98. The van der Waals surface area contributed by atoms with Crippen molar-refractivity contribution in [1.29, 1.82) is 5.26 Å². The lowest BCUT2D eigenvalue weighted by Gasteiger charge is -2.25.